The highest BCUT2D eigenvalue weighted by Crippen LogP contribution is 2.45. The van der Waals surface area contributed by atoms with Crippen LogP contribution in [0.5, 0.6) is 0 Å². The van der Waals surface area contributed by atoms with Gasteiger partial charge in [0.15, 0.2) is 23.5 Å². The first-order valence-corrected chi connectivity index (χ1v) is 16.1. The number of ether oxygens (including phenoxy) is 3. The molecule has 1 aliphatic carbocycles. The van der Waals surface area contributed by atoms with E-state index in [9.17, 15) is 0 Å². The van der Waals surface area contributed by atoms with E-state index in [4.69, 9.17) is 24.9 Å². The highest BCUT2D eigenvalue weighted by atomic mass is 16.8. The largest absolute Gasteiger partial charge is 0.382 e. The lowest BCUT2D eigenvalue weighted by molar-refractivity contribution is -0.199. The molecule has 44 heavy (non-hydrogen) atoms. The van der Waals surface area contributed by atoms with Crippen molar-refractivity contribution in [1.82, 2.24) is 34.4 Å². The highest BCUT2D eigenvalue weighted by molar-refractivity contribution is 5.81. The molecule has 3 fully saturated rings. The predicted molar refractivity (Wildman–Crippen MR) is 169 cm³/mol. The van der Waals surface area contributed by atoms with Crippen molar-refractivity contribution < 1.29 is 14.2 Å². The summed E-state index contributed by atoms with van der Waals surface area (Å²) in [6.45, 7) is 16.0. The van der Waals surface area contributed by atoms with Gasteiger partial charge in [0.25, 0.3) is 0 Å². The summed E-state index contributed by atoms with van der Waals surface area (Å²) in [5, 5.41) is 0. The van der Waals surface area contributed by atoms with E-state index in [1.54, 1.807) is 6.33 Å². The molecule has 236 valence electrons. The van der Waals surface area contributed by atoms with Gasteiger partial charge in [0.1, 0.15) is 36.0 Å². The quantitative estimate of drug-likeness (QED) is 0.282. The lowest BCUT2D eigenvalue weighted by atomic mass is 9.76. The van der Waals surface area contributed by atoms with E-state index in [0.29, 0.717) is 35.0 Å². The Balaban J connectivity index is 1.00. The molecule has 2 saturated heterocycles. The number of fused-ring (bicyclic) bond motifs is 3. The van der Waals surface area contributed by atoms with Gasteiger partial charge in [-0.25, -0.2) is 19.9 Å². The maximum absolute atomic E-state index is 6.72. The van der Waals surface area contributed by atoms with E-state index in [-0.39, 0.29) is 23.7 Å². The van der Waals surface area contributed by atoms with Crippen molar-refractivity contribution in [2.45, 2.75) is 122 Å². The van der Waals surface area contributed by atoms with Gasteiger partial charge >= 0.3 is 0 Å². The van der Waals surface area contributed by atoms with Crippen LogP contribution in [0.25, 0.3) is 22.2 Å². The highest BCUT2D eigenvalue weighted by Gasteiger charge is 2.57. The Bertz CT molecular complexity index is 1650. The van der Waals surface area contributed by atoms with Crippen LogP contribution in [-0.2, 0) is 26.0 Å². The van der Waals surface area contributed by atoms with Gasteiger partial charge in [-0.1, -0.05) is 26.8 Å². The summed E-state index contributed by atoms with van der Waals surface area (Å²) < 4.78 is 21.5. The molecule has 1 saturated carbocycles. The Labute approximate surface area is 258 Å². The Morgan fingerprint density at radius 1 is 1.11 bits per heavy atom. The standard InChI is InChI=1S/C33H46N8O3/c1-18(2)40(21-12-19(13-21)8-11-25-38-22-10-9-20(32(3,4)5)14-23(22)39-25)15-24-27-28(44-33(6,7)43-27)31(42-24)41-17-37-26-29(34)35-16-36-30(26)41/h9-10,14,16-19,21,24,27-28,31H,8,11-13,15H2,1-7H3,(H,38,39)(H2,34,35,36). The van der Waals surface area contributed by atoms with E-state index >= 15 is 0 Å². The zero-order chi connectivity index (χ0) is 31.0. The van der Waals surface area contributed by atoms with Gasteiger partial charge < -0.3 is 24.9 Å². The third-order valence-corrected chi connectivity index (χ3v) is 9.71. The second-order valence-corrected chi connectivity index (χ2v) is 14.7. The first-order valence-electron chi connectivity index (χ1n) is 16.1. The molecule has 11 nitrogen and oxygen atoms in total. The molecule has 3 N–H and O–H groups in total. The molecule has 4 aromatic rings. The van der Waals surface area contributed by atoms with Crippen molar-refractivity contribution in [1.29, 1.82) is 0 Å². The average molecular weight is 603 g/mol. The number of anilines is 1. The van der Waals surface area contributed by atoms with Gasteiger partial charge in [-0.3, -0.25) is 9.47 Å². The summed E-state index contributed by atoms with van der Waals surface area (Å²) in [7, 11) is 0. The molecule has 3 aliphatic rings. The number of aromatic nitrogens is 6. The third kappa shape index (κ3) is 5.37. The number of hydrogen-bond donors (Lipinski definition) is 2. The van der Waals surface area contributed by atoms with Crippen LogP contribution < -0.4 is 5.73 Å². The Hall–Kier alpha value is -3.12. The summed E-state index contributed by atoms with van der Waals surface area (Å²) in [5.74, 6) is 1.43. The zero-order valence-corrected chi connectivity index (χ0v) is 26.9. The van der Waals surface area contributed by atoms with Crippen LogP contribution in [-0.4, -0.2) is 77.1 Å². The van der Waals surface area contributed by atoms with Crippen LogP contribution in [0.4, 0.5) is 5.82 Å². The fourth-order valence-corrected chi connectivity index (χ4v) is 7.27. The lowest BCUT2D eigenvalue weighted by Crippen LogP contribution is -2.52. The molecular formula is C33H46N8O3. The molecule has 7 rings (SSSR count). The van der Waals surface area contributed by atoms with Gasteiger partial charge in [0.05, 0.1) is 17.4 Å². The van der Waals surface area contributed by atoms with Crippen LogP contribution in [0.2, 0.25) is 0 Å². The van der Waals surface area contributed by atoms with E-state index in [0.717, 1.165) is 36.2 Å². The molecule has 3 aromatic heterocycles. The van der Waals surface area contributed by atoms with Crippen LogP contribution in [0.15, 0.2) is 30.9 Å². The molecular weight excluding hydrogens is 556 g/mol. The number of nitrogen functional groups attached to an aromatic ring is 1. The van der Waals surface area contributed by atoms with E-state index in [2.05, 4.69) is 77.7 Å². The van der Waals surface area contributed by atoms with Gasteiger partial charge in [-0.2, -0.15) is 0 Å². The molecule has 0 amide bonds. The zero-order valence-electron chi connectivity index (χ0n) is 26.9. The molecule has 5 heterocycles. The number of aromatic amines is 1. The van der Waals surface area contributed by atoms with Crippen LogP contribution >= 0.6 is 0 Å². The average Bonchev–Trinajstić information content (AvgIpc) is 3.68. The Kier molecular flexibility index (Phi) is 7.23. The molecule has 0 bridgehead atoms. The number of hydrogen-bond acceptors (Lipinski definition) is 9. The molecule has 0 spiro atoms. The predicted octanol–water partition coefficient (Wildman–Crippen LogP) is 5.12. The molecule has 4 atom stereocenters. The van der Waals surface area contributed by atoms with Crippen molar-refractivity contribution in [3.05, 3.63) is 42.2 Å². The van der Waals surface area contributed by atoms with Crippen molar-refractivity contribution in [2.75, 3.05) is 12.3 Å². The van der Waals surface area contributed by atoms with Crippen LogP contribution in [0.3, 0.4) is 0 Å². The molecule has 11 heteroatoms. The minimum Gasteiger partial charge on any atom is -0.382 e. The van der Waals surface area contributed by atoms with Crippen LogP contribution in [0.1, 0.15) is 85.3 Å². The third-order valence-electron chi connectivity index (χ3n) is 9.71. The minimum absolute atomic E-state index is 0.117. The second-order valence-electron chi connectivity index (χ2n) is 14.7. The number of rotatable bonds is 8. The monoisotopic (exact) mass is 602 g/mol. The van der Waals surface area contributed by atoms with Crippen molar-refractivity contribution in [3.63, 3.8) is 0 Å². The maximum Gasteiger partial charge on any atom is 0.167 e. The van der Waals surface area contributed by atoms with Gasteiger partial charge in [-0.15, -0.1) is 0 Å². The number of nitrogens with two attached hydrogens (primary N) is 1. The second kappa shape index (κ2) is 10.8. The molecule has 0 radical (unpaired) electrons. The van der Waals surface area contributed by atoms with Gasteiger partial charge in [0, 0.05) is 25.0 Å². The summed E-state index contributed by atoms with van der Waals surface area (Å²) in [6.07, 6.45) is 6.61. The van der Waals surface area contributed by atoms with E-state index in [1.165, 1.54) is 24.7 Å². The summed E-state index contributed by atoms with van der Waals surface area (Å²) in [4.78, 5) is 24.1. The fourth-order valence-electron chi connectivity index (χ4n) is 7.27. The number of H-pyrrole nitrogens is 1. The van der Waals surface area contributed by atoms with E-state index in [1.807, 2.05) is 18.4 Å². The minimum atomic E-state index is -0.699. The lowest BCUT2D eigenvalue weighted by Gasteiger charge is -2.46. The summed E-state index contributed by atoms with van der Waals surface area (Å²) in [6, 6.07) is 7.51. The fraction of sp³-hybridized carbons (Fsp3) is 0.636. The molecule has 4 unspecified atom stereocenters. The summed E-state index contributed by atoms with van der Waals surface area (Å²) in [5.41, 5.74) is 10.9. The first-order chi connectivity index (χ1) is 20.9. The summed E-state index contributed by atoms with van der Waals surface area (Å²) >= 11 is 0. The maximum atomic E-state index is 6.72. The van der Waals surface area contributed by atoms with Crippen LogP contribution in [0, 0.1) is 5.92 Å². The SMILES string of the molecule is CC(C)N(CC1OC(n2cnc3c(N)ncnc32)C2OC(C)(C)OC12)C1CC(CCc2nc3cc(C(C)(C)C)ccc3[nH]2)C1. The number of nitrogens with one attached hydrogen (secondary N) is 1. The topological polar surface area (TPSA) is 129 Å². The number of imidazole rings is 2. The van der Waals surface area contributed by atoms with Crippen molar-refractivity contribution >= 4 is 28.0 Å². The normalized spacial score (nSPS) is 28.4. The number of nitrogens with zero attached hydrogens (tertiary/aromatic N) is 6. The van der Waals surface area contributed by atoms with Gasteiger partial charge in [-0.05, 0) is 76.0 Å². The van der Waals surface area contributed by atoms with E-state index < -0.39 is 12.0 Å². The van der Waals surface area contributed by atoms with Crippen molar-refractivity contribution in [2.24, 2.45) is 5.92 Å². The number of aryl methyl sites for hydroxylation is 1. The Morgan fingerprint density at radius 3 is 2.64 bits per heavy atom. The smallest absolute Gasteiger partial charge is 0.167 e. The Morgan fingerprint density at radius 2 is 1.89 bits per heavy atom. The number of benzene rings is 1. The van der Waals surface area contributed by atoms with Crippen molar-refractivity contribution in [3.8, 4) is 0 Å². The molecule has 1 aromatic carbocycles. The molecule has 2 aliphatic heterocycles. The first kappa shape index (κ1) is 29.6. The van der Waals surface area contributed by atoms with Gasteiger partial charge in [0.2, 0.25) is 0 Å².